The first kappa shape index (κ1) is 13.8. The highest BCUT2D eigenvalue weighted by Gasteiger charge is 2.27. The van der Waals surface area contributed by atoms with Gasteiger partial charge in [0, 0.05) is 0 Å². The van der Waals surface area contributed by atoms with Crippen LogP contribution in [-0.4, -0.2) is 12.1 Å². The standard InChI is InChI=1S/C14H17F2NO2/c1-8-4-2-3-5-12(8)19-14(18)10-6-9(15)7-11(17)13(10)16/h6-8,12H,2-5,17H2,1H3. The Morgan fingerprint density at radius 1 is 1.32 bits per heavy atom. The molecule has 0 spiro atoms. The summed E-state index contributed by atoms with van der Waals surface area (Å²) in [5, 5.41) is 0. The Bertz CT molecular complexity index is 491. The second-order valence-corrected chi connectivity index (χ2v) is 5.06. The first-order valence-electron chi connectivity index (χ1n) is 6.44. The molecule has 1 fully saturated rings. The Hall–Kier alpha value is -1.65. The van der Waals surface area contributed by atoms with Crippen molar-refractivity contribution in [1.82, 2.24) is 0 Å². The van der Waals surface area contributed by atoms with E-state index in [-0.39, 0.29) is 17.7 Å². The van der Waals surface area contributed by atoms with Crippen LogP contribution in [0.1, 0.15) is 43.0 Å². The Morgan fingerprint density at radius 2 is 2.00 bits per heavy atom. The van der Waals surface area contributed by atoms with Crippen LogP contribution >= 0.6 is 0 Å². The Labute approximate surface area is 110 Å². The summed E-state index contributed by atoms with van der Waals surface area (Å²) < 4.78 is 32.1. The van der Waals surface area contributed by atoms with Gasteiger partial charge in [0.15, 0.2) is 5.82 Å². The summed E-state index contributed by atoms with van der Waals surface area (Å²) in [5.41, 5.74) is 4.48. The predicted molar refractivity (Wildman–Crippen MR) is 67.6 cm³/mol. The van der Waals surface area contributed by atoms with E-state index >= 15 is 0 Å². The minimum atomic E-state index is -0.921. The maximum Gasteiger partial charge on any atom is 0.341 e. The normalized spacial score (nSPS) is 23.1. The molecule has 0 heterocycles. The quantitative estimate of drug-likeness (QED) is 0.662. The number of halogens is 2. The molecule has 3 nitrogen and oxygen atoms in total. The number of benzene rings is 1. The number of carbonyl (C=O) groups excluding carboxylic acids is 1. The van der Waals surface area contributed by atoms with Crippen molar-refractivity contribution >= 4 is 11.7 Å². The van der Waals surface area contributed by atoms with Gasteiger partial charge in [-0.25, -0.2) is 13.6 Å². The zero-order valence-electron chi connectivity index (χ0n) is 10.8. The Balaban J connectivity index is 2.15. The van der Waals surface area contributed by atoms with E-state index in [9.17, 15) is 13.6 Å². The maximum atomic E-state index is 13.7. The third-order valence-corrected chi connectivity index (χ3v) is 3.58. The van der Waals surface area contributed by atoms with E-state index in [1.54, 1.807) is 0 Å². The molecule has 1 saturated carbocycles. The topological polar surface area (TPSA) is 52.3 Å². The maximum absolute atomic E-state index is 13.7. The molecule has 2 rings (SSSR count). The van der Waals surface area contributed by atoms with E-state index in [0.717, 1.165) is 37.8 Å². The first-order chi connectivity index (χ1) is 8.99. The zero-order valence-corrected chi connectivity index (χ0v) is 10.8. The molecule has 0 amide bonds. The van der Waals surface area contributed by atoms with Crippen LogP contribution in [0.3, 0.4) is 0 Å². The molecular formula is C14H17F2NO2. The molecule has 5 heteroatoms. The van der Waals surface area contributed by atoms with Crippen molar-refractivity contribution in [1.29, 1.82) is 0 Å². The van der Waals surface area contributed by atoms with Crippen LogP contribution in [0.25, 0.3) is 0 Å². The van der Waals surface area contributed by atoms with Gasteiger partial charge in [0.1, 0.15) is 17.5 Å². The van der Waals surface area contributed by atoms with Crippen molar-refractivity contribution in [3.63, 3.8) is 0 Å². The van der Waals surface area contributed by atoms with Crippen LogP contribution in [-0.2, 0) is 4.74 Å². The molecule has 1 aliphatic rings. The smallest absolute Gasteiger partial charge is 0.341 e. The van der Waals surface area contributed by atoms with E-state index in [0.29, 0.717) is 0 Å². The van der Waals surface area contributed by atoms with Gasteiger partial charge in [-0.1, -0.05) is 13.3 Å². The van der Waals surface area contributed by atoms with Crippen molar-refractivity contribution in [2.75, 3.05) is 5.73 Å². The van der Waals surface area contributed by atoms with E-state index < -0.39 is 23.2 Å². The number of carbonyl (C=O) groups is 1. The van der Waals surface area contributed by atoms with Gasteiger partial charge >= 0.3 is 5.97 Å². The van der Waals surface area contributed by atoms with Crippen molar-refractivity contribution in [2.24, 2.45) is 5.92 Å². The fourth-order valence-electron chi connectivity index (χ4n) is 2.42. The van der Waals surface area contributed by atoms with E-state index in [1.807, 2.05) is 6.92 Å². The molecule has 2 unspecified atom stereocenters. The largest absolute Gasteiger partial charge is 0.458 e. The number of hydrogen-bond donors (Lipinski definition) is 1. The summed E-state index contributed by atoms with van der Waals surface area (Å²) >= 11 is 0. The SMILES string of the molecule is CC1CCCCC1OC(=O)c1cc(F)cc(N)c1F. The number of hydrogen-bond acceptors (Lipinski definition) is 3. The van der Waals surface area contributed by atoms with Gasteiger partial charge in [0.2, 0.25) is 0 Å². The molecular weight excluding hydrogens is 252 g/mol. The van der Waals surface area contributed by atoms with Gasteiger partial charge in [0.25, 0.3) is 0 Å². The van der Waals surface area contributed by atoms with Crippen LogP contribution in [0.15, 0.2) is 12.1 Å². The predicted octanol–water partition coefficient (Wildman–Crippen LogP) is 3.28. The average molecular weight is 269 g/mol. The van der Waals surface area contributed by atoms with Crippen LogP contribution in [0, 0.1) is 17.6 Å². The summed E-state index contributed by atoms with van der Waals surface area (Å²) in [6.07, 6.45) is 3.60. The number of rotatable bonds is 2. The van der Waals surface area contributed by atoms with Crippen molar-refractivity contribution in [3.05, 3.63) is 29.3 Å². The number of ether oxygens (including phenoxy) is 1. The van der Waals surface area contributed by atoms with Crippen molar-refractivity contribution < 1.29 is 18.3 Å². The second kappa shape index (κ2) is 5.55. The highest BCUT2D eigenvalue weighted by Crippen LogP contribution is 2.28. The third kappa shape index (κ3) is 3.03. The van der Waals surface area contributed by atoms with Gasteiger partial charge in [0.05, 0.1) is 5.69 Å². The molecule has 1 aromatic carbocycles. The molecule has 0 bridgehead atoms. The van der Waals surface area contributed by atoms with Gasteiger partial charge in [-0.3, -0.25) is 0 Å². The average Bonchev–Trinajstić information content (AvgIpc) is 2.36. The monoisotopic (exact) mass is 269 g/mol. The molecule has 0 radical (unpaired) electrons. The van der Waals surface area contributed by atoms with E-state index in [4.69, 9.17) is 10.5 Å². The minimum Gasteiger partial charge on any atom is -0.458 e. The Kier molecular flexibility index (Phi) is 4.02. The summed E-state index contributed by atoms with van der Waals surface area (Å²) in [6, 6.07) is 1.66. The zero-order chi connectivity index (χ0) is 14.0. The molecule has 19 heavy (non-hydrogen) atoms. The van der Waals surface area contributed by atoms with Crippen LogP contribution in [0.5, 0.6) is 0 Å². The molecule has 1 aromatic rings. The highest BCUT2D eigenvalue weighted by atomic mass is 19.1. The van der Waals surface area contributed by atoms with Crippen LogP contribution in [0.4, 0.5) is 14.5 Å². The van der Waals surface area contributed by atoms with Crippen LogP contribution < -0.4 is 5.73 Å². The molecule has 2 N–H and O–H groups in total. The molecule has 2 atom stereocenters. The lowest BCUT2D eigenvalue weighted by atomic mass is 9.88. The summed E-state index contributed by atoms with van der Waals surface area (Å²) in [6.45, 7) is 1.99. The molecule has 104 valence electrons. The lowest BCUT2D eigenvalue weighted by molar-refractivity contribution is 0.00433. The van der Waals surface area contributed by atoms with Crippen molar-refractivity contribution in [2.45, 2.75) is 38.7 Å². The molecule has 0 saturated heterocycles. The lowest BCUT2D eigenvalue weighted by Gasteiger charge is -2.28. The summed E-state index contributed by atoms with van der Waals surface area (Å²) in [5.74, 6) is -2.27. The number of esters is 1. The van der Waals surface area contributed by atoms with Crippen molar-refractivity contribution in [3.8, 4) is 0 Å². The molecule has 1 aliphatic carbocycles. The minimum absolute atomic E-state index is 0.231. The lowest BCUT2D eigenvalue weighted by Crippen LogP contribution is -2.28. The first-order valence-corrected chi connectivity index (χ1v) is 6.44. The summed E-state index contributed by atoms with van der Waals surface area (Å²) in [4.78, 5) is 11.9. The molecule has 0 aliphatic heterocycles. The number of nitrogens with two attached hydrogens (primary N) is 1. The molecule has 0 aromatic heterocycles. The van der Waals surface area contributed by atoms with Gasteiger partial charge in [-0.05, 0) is 37.3 Å². The second-order valence-electron chi connectivity index (χ2n) is 5.06. The van der Waals surface area contributed by atoms with Gasteiger partial charge < -0.3 is 10.5 Å². The fourth-order valence-corrected chi connectivity index (χ4v) is 2.42. The Morgan fingerprint density at radius 3 is 2.68 bits per heavy atom. The third-order valence-electron chi connectivity index (χ3n) is 3.58. The fraction of sp³-hybridized carbons (Fsp3) is 0.500. The van der Waals surface area contributed by atoms with E-state index in [1.165, 1.54) is 0 Å². The van der Waals surface area contributed by atoms with E-state index in [2.05, 4.69) is 0 Å². The number of anilines is 1. The number of nitrogen functional groups attached to an aromatic ring is 1. The van der Waals surface area contributed by atoms with Crippen LogP contribution in [0.2, 0.25) is 0 Å². The highest BCUT2D eigenvalue weighted by molar-refractivity contribution is 5.91. The summed E-state index contributed by atoms with van der Waals surface area (Å²) in [7, 11) is 0. The van der Waals surface area contributed by atoms with Gasteiger partial charge in [-0.15, -0.1) is 0 Å². The van der Waals surface area contributed by atoms with Gasteiger partial charge in [-0.2, -0.15) is 0 Å².